The molecule has 112 valence electrons. The number of carbonyl (C=O) groups is 1. The maximum atomic E-state index is 11.8. The van der Waals surface area contributed by atoms with Crippen LogP contribution in [0.4, 0.5) is 0 Å². The van der Waals surface area contributed by atoms with Gasteiger partial charge in [0.1, 0.15) is 5.76 Å². The molecule has 1 aromatic carbocycles. The first kappa shape index (κ1) is 15.3. The molecule has 0 aliphatic rings. The molecule has 0 bridgehead atoms. The summed E-state index contributed by atoms with van der Waals surface area (Å²) in [6, 6.07) is 10.2. The Bertz CT molecular complexity index is 591. The molecule has 1 amide bonds. The lowest BCUT2D eigenvalue weighted by Gasteiger charge is -2.17. The van der Waals surface area contributed by atoms with Crippen LogP contribution < -0.4 is 10.6 Å². The molecule has 1 heterocycles. The number of hydrogen-bond acceptors (Lipinski definition) is 3. The fourth-order valence-electron chi connectivity index (χ4n) is 2.24. The molecule has 1 unspecified atom stereocenters. The van der Waals surface area contributed by atoms with Crippen molar-refractivity contribution in [3.8, 4) is 0 Å². The fourth-order valence-corrected chi connectivity index (χ4v) is 2.24. The molecule has 0 spiro atoms. The van der Waals surface area contributed by atoms with Crippen LogP contribution in [-0.4, -0.2) is 12.5 Å². The first-order chi connectivity index (χ1) is 10.1. The quantitative estimate of drug-likeness (QED) is 0.858. The van der Waals surface area contributed by atoms with E-state index >= 15 is 0 Å². The fraction of sp³-hybridized carbons (Fsp3) is 0.353. The maximum absolute atomic E-state index is 11.8. The maximum Gasteiger partial charge on any atom is 0.234 e. The largest absolute Gasteiger partial charge is 0.467 e. The van der Waals surface area contributed by atoms with Crippen LogP contribution in [0.3, 0.4) is 0 Å². The van der Waals surface area contributed by atoms with E-state index < -0.39 is 0 Å². The molecule has 2 N–H and O–H groups in total. The molecule has 0 radical (unpaired) electrons. The van der Waals surface area contributed by atoms with Crippen LogP contribution in [0.5, 0.6) is 0 Å². The van der Waals surface area contributed by atoms with E-state index in [-0.39, 0.29) is 18.5 Å². The second-order valence-electron chi connectivity index (χ2n) is 5.32. The third kappa shape index (κ3) is 4.46. The summed E-state index contributed by atoms with van der Waals surface area (Å²) >= 11 is 0. The van der Waals surface area contributed by atoms with Gasteiger partial charge in [0.2, 0.25) is 5.91 Å². The van der Waals surface area contributed by atoms with Crippen molar-refractivity contribution in [1.29, 1.82) is 0 Å². The first-order valence-electron chi connectivity index (χ1n) is 7.16. The predicted octanol–water partition coefficient (Wildman–Crippen LogP) is 2.86. The average molecular weight is 286 g/mol. The number of rotatable bonds is 6. The van der Waals surface area contributed by atoms with Crippen molar-refractivity contribution in [2.75, 3.05) is 6.54 Å². The van der Waals surface area contributed by atoms with Gasteiger partial charge in [-0.05, 0) is 44.0 Å². The predicted molar refractivity (Wildman–Crippen MR) is 82.9 cm³/mol. The molecule has 0 aliphatic heterocycles. The Morgan fingerprint density at radius 3 is 2.81 bits per heavy atom. The topological polar surface area (TPSA) is 54.3 Å². The third-order valence-electron chi connectivity index (χ3n) is 3.51. The number of amides is 1. The molecule has 2 aromatic rings. The Labute approximate surface area is 125 Å². The Morgan fingerprint density at radius 1 is 1.29 bits per heavy atom. The van der Waals surface area contributed by atoms with E-state index in [0.29, 0.717) is 6.54 Å². The molecule has 0 aliphatic carbocycles. The molecular weight excluding hydrogens is 264 g/mol. The van der Waals surface area contributed by atoms with E-state index in [4.69, 9.17) is 4.42 Å². The van der Waals surface area contributed by atoms with E-state index in [2.05, 4.69) is 49.6 Å². The van der Waals surface area contributed by atoms with E-state index in [9.17, 15) is 4.79 Å². The lowest BCUT2D eigenvalue weighted by Crippen LogP contribution is -2.34. The number of aryl methyl sites for hydroxylation is 2. The monoisotopic (exact) mass is 286 g/mol. The van der Waals surface area contributed by atoms with Gasteiger partial charge in [-0.2, -0.15) is 0 Å². The standard InChI is InChI=1S/C17H22N2O2/c1-12-6-7-13(2)16(9-12)14(3)18-11-17(20)19-10-15-5-4-8-21-15/h4-9,14,18H,10-11H2,1-3H3,(H,19,20). The minimum absolute atomic E-state index is 0.0384. The Balaban J connectivity index is 1.81. The van der Waals surface area contributed by atoms with Crippen molar-refractivity contribution >= 4 is 5.91 Å². The van der Waals surface area contributed by atoms with Gasteiger partial charge in [-0.25, -0.2) is 0 Å². The highest BCUT2D eigenvalue weighted by Gasteiger charge is 2.10. The van der Waals surface area contributed by atoms with Crippen molar-refractivity contribution in [1.82, 2.24) is 10.6 Å². The van der Waals surface area contributed by atoms with Crippen LogP contribution in [0.15, 0.2) is 41.0 Å². The summed E-state index contributed by atoms with van der Waals surface area (Å²) in [5, 5.41) is 6.08. The Hall–Kier alpha value is -2.07. The number of nitrogens with one attached hydrogen (secondary N) is 2. The van der Waals surface area contributed by atoms with Crippen LogP contribution in [0.1, 0.15) is 35.4 Å². The normalized spacial score (nSPS) is 12.1. The van der Waals surface area contributed by atoms with Gasteiger partial charge in [0.15, 0.2) is 0 Å². The molecule has 4 heteroatoms. The average Bonchev–Trinajstić information content (AvgIpc) is 2.98. The van der Waals surface area contributed by atoms with Crippen molar-refractivity contribution in [3.05, 3.63) is 59.0 Å². The third-order valence-corrected chi connectivity index (χ3v) is 3.51. The summed E-state index contributed by atoms with van der Waals surface area (Å²) in [6.07, 6.45) is 1.60. The zero-order valence-corrected chi connectivity index (χ0v) is 12.8. The molecule has 4 nitrogen and oxygen atoms in total. The highest BCUT2D eigenvalue weighted by molar-refractivity contribution is 5.77. The Morgan fingerprint density at radius 2 is 2.10 bits per heavy atom. The van der Waals surface area contributed by atoms with Crippen molar-refractivity contribution in [3.63, 3.8) is 0 Å². The Kier molecular flexibility index (Phi) is 5.17. The highest BCUT2D eigenvalue weighted by atomic mass is 16.3. The number of benzene rings is 1. The van der Waals surface area contributed by atoms with Crippen LogP contribution in [0, 0.1) is 13.8 Å². The minimum Gasteiger partial charge on any atom is -0.467 e. The van der Waals surface area contributed by atoms with Crippen LogP contribution in [-0.2, 0) is 11.3 Å². The lowest BCUT2D eigenvalue weighted by molar-refractivity contribution is -0.120. The zero-order chi connectivity index (χ0) is 15.2. The first-order valence-corrected chi connectivity index (χ1v) is 7.16. The van der Waals surface area contributed by atoms with Gasteiger partial charge >= 0.3 is 0 Å². The van der Waals surface area contributed by atoms with Gasteiger partial charge in [0.05, 0.1) is 19.4 Å². The molecule has 0 fully saturated rings. The van der Waals surface area contributed by atoms with E-state index in [0.717, 1.165) is 5.76 Å². The van der Waals surface area contributed by atoms with E-state index in [1.165, 1.54) is 16.7 Å². The molecule has 0 saturated carbocycles. The SMILES string of the molecule is Cc1ccc(C)c(C(C)NCC(=O)NCc2ccco2)c1. The van der Waals surface area contributed by atoms with Gasteiger partial charge in [0.25, 0.3) is 0 Å². The van der Waals surface area contributed by atoms with Gasteiger partial charge < -0.3 is 15.1 Å². The second kappa shape index (κ2) is 7.09. The number of furan rings is 1. The molecule has 2 rings (SSSR count). The van der Waals surface area contributed by atoms with Crippen molar-refractivity contribution < 1.29 is 9.21 Å². The minimum atomic E-state index is -0.0384. The number of carbonyl (C=O) groups excluding carboxylic acids is 1. The van der Waals surface area contributed by atoms with Gasteiger partial charge in [-0.1, -0.05) is 23.8 Å². The smallest absolute Gasteiger partial charge is 0.234 e. The molecule has 0 saturated heterocycles. The number of hydrogen-bond donors (Lipinski definition) is 2. The summed E-state index contributed by atoms with van der Waals surface area (Å²) in [4.78, 5) is 11.8. The van der Waals surface area contributed by atoms with Crippen molar-refractivity contribution in [2.24, 2.45) is 0 Å². The molecule has 1 atom stereocenters. The second-order valence-corrected chi connectivity index (χ2v) is 5.32. The summed E-state index contributed by atoms with van der Waals surface area (Å²) < 4.78 is 5.17. The lowest BCUT2D eigenvalue weighted by atomic mass is 10.00. The molecule has 21 heavy (non-hydrogen) atoms. The van der Waals surface area contributed by atoms with Gasteiger partial charge in [0, 0.05) is 6.04 Å². The van der Waals surface area contributed by atoms with E-state index in [1.807, 2.05) is 12.1 Å². The summed E-state index contributed by atoms with van der Waals surface area (Å²) in [6.45, 7) is 6.94. The van der Waals surface area contributed by atoms with Crippen LogP contribution >= 0.6 is 0 Å². The van der Waals surface area contributed by atoms with Gasteiger partial charge in [-0.3, -0.25) is 4.79 Å². The highest BCUT2D eigenvalue weighted by Crippen LogP contribution is 2.18. The van der Waals surface area contributed by atoms with Crippen LogP contribution in [0.25, 0.3) is 0 Å². The molecular formula is C17H22N2O2. The summed E-state index contributed by atoms with van der Waals surface area (Å²) in [5.41, 5.74) is 3.69. The van der Waals surface area contributed by atoms with Gasteiger partial charge in [-0.15, -0.1) is 0 Å². The van der Waals surface area contributed by atoms with E-state index in [1.54, 1.807) is 6.26 Å². The molecule has 1 aromatic heterocycles. The van der Waals surface area contributed by atoms with Crippen molar-refractivity contribution in [2.45, 2.75) is 33.4 Å². The zero-order valence-electron chi connectivity index (χ0n) is 12.8. The summed E-state index contributed by atoms with van der Waals surface area (Å²) in [7, 11) is 0. The van der Waals surface area contributed by atoms with Crippen LogP contribution in [0.2, 0.25) is 0 Å². The summed E-state index contributed by atoms with van der Waals surface area (Å²) in [5.74, 6) is 0.717.